The molecule has 0 aliphatic carbocycles. The fourth-order valence-electron chi connectivity index (χ4n) is 2.81. The van der Waals surface area contributed by atoms with E-state index in [9.17, 15) is 0 Å². The second-order valence-electron chi connectivity index (χ2n) is 5.39. The maximum absolute atomic E-state index is 4.28. The van der Waals surface area contributed by atoms with Crippen molar-refractivity contribution in [3.05, 3.63) is 54.1 Å². The minimum Gasteiger partial charge on any atom is -0.348 e. The number of aromatic amines is 1. The summed E-state index contributed by atoms with van der Waals surface area (Å²) in [6.07, 6.45) is 6.34. The number of benzene rings is 1. The summed E-state index contributed by atoms with van der Waals surface area (Å²) in [4.78, 5) is 9.98. The smallest absolute Gasteiger partial charge is 0.120 e. The Hall–Kier alpha value is -1.65. The Bertz CT molecular complexity index is 488. The van der Waals surface area contributed by atoms with E-state index in [1.165, 1.54) is 31.5 Å². The van der Waals surface area contributed by atoms with Crippen LogP contribution in [0.1, 0.15) is 30.3 Å². The highest BCUT2D eigenvalue weighted by Crippen LogP contribution is 2.17. The van der Waals surface area contributed by atoms with E-state index in [-0.39, 0.29) is 0 Å². The molecule has 1 atom stereocenters. The number of H-pyrrole nitrogens is 1. The zero-order valence-electron chi connectivity index (χ0n) is 11.8. The monoisotopic (exact) mass is 270 g/mol. The van der Waals surface area contributed by atoms with Crippen molar-refractivity contribution in [3.8, 4) is 0 Å². The number of hydrogen-bond donors (Lipinski definition) is 2. The Morgan fingerprint density at radius 3 is 2.70 bits per heavy atom. The van der Waals surface area contributed by atoms with Crippen molar-refractivity contribution < 1.29 is 0 Å². The molecule has 1 fully saturated rings. The Balaban J connectivity index is 1.65. The van der Waals surface area contributed by atoms with Crippen LogP contribution in [0.5, 0.6) is 0 Å². The molecule has 106 valence electrons. The summed E-state index contributed by atoms with van der Waals surface area (Å²) >= 11 is 0. The first-order chi connectivity index (χ1) is 9.92. The second kappa shape index (κ2) is 6.68. The van der Waals surface area contributed by atoms with Crippen LogP contribution in [0, 0.1) is 0 Å². The highest BCUT2D eigenvalue weighted by molar-refractivity contribution is 5.19. The van der Waals surface area contributed by atoms with Gasteiger partial charge in [0.15, 0.2) is 0 Å². The van der Waals surface area contributed by atoms with Gasteiger partial charge in [0.25, 0.3) is 0 Å². The molecule has 0 spiro atoms. The second-order valence-corrected chi connectivity index (χ2v) is 5.39. The van der Waals surface area contributed by atoms with Crippen molar-refractivity contribution in [2.45, 2.75) is 25.4 Å². The maximum Gasteiger partial charge on any atom is 0.120 e. The topological polar surface area (TPSA) is 44.0 Å². The highest BCUT2D eigenvalue weighted by atomic mass is 15.2. The van der Waals surface area contributed by atoms with Crippen molar-refractivity contribution in [1.82, 2.24) is 20.2 Å². The number of aromatic nitrogens is 2. The molecule has 2 N–H and O–H groups in total. The first-order valence-corrected chi connectivity index (χ1v) is 7.41. The predicted molar refractivity (Wildman–Crippen MR) is 80.3 cm³/mol. The molecule has 4 heteroatoms. The fraction of sp³-hybridized carbons (Fsp3) is 0.438. The molecule has 4 nitrogen and oxygen atoms in total. The molecule has 2 aromatic rings. The minimum atomic E-state index is 0.361. The van der Waals surface area contributed by atoms with Crippen molar-refractivity contribution in [3.63, 3.8) is 0 Å². The number of nitrogens with zero attached hydrogens (tertiary/aromatic N) is 2. The van der Waals surface area contributed by atoms with Gasteiger partial charge in [-0.2, -0.15) is 0 Å². The number of rotatable bonds is 6. The third-order valence-electron chi connectivity index (χ3n) is 3.91. The Morgan fingerprint density at radius 2 is 2.00 bits per heavy atom. The van der Waals surface area contributed by atoms with Crippen LogP contribution in [0.15, 0.2) is 42.7 Å². The number of imidazole rings is 1. The molecular formula is C16H22N4. The van der Waals surface area contributed by atoms with E-state index in [1.54, 1.807) is 6.20 Å². The summed E-state index contributed by atoms with van der Waals surface area (Å²) in [5.41, 5.74) is 1.35. The zero-order valence-corrected chi connectivity index (χ0v) is 11.8. The van der Waals surface area contributed by atoms with Crippen LogP contribution in [-0.4, -0.2) is 34.5 Å². The maximum atomic E-state index is 4.28. The molecule has 2 heterocycles. The van der Waals surface area contributed by atoms with Gasteiger partial charge in [0.05, 0.1) is 6.54 Å². The van der Waals surface area contributed by atoms with Gasteiger partial charge in [0.1, 0.15) is 5.82 Å². The van der Waals surface area contributed by atoms with E-state index >= 15 is 0 Å². The summed E-state index contributed by atoms with van der Waals surface area (Å²) in [6.45, 7) is 4.31. The lowest BCUT2D eigenvalue weighted by Crippen LogP contribution is -2.33. The van der Waals surface area contributed by atoms with Gasteiger partial charge in [0.2, 0.25) is 0 Å². The lowest BCUT2D eigenvalue weighted by Gasteiger charge is -2.24. The molecular weight excluding hydrogens is 248 g/mol. The normalized spacial score (nSPS) is 17.4. The molecule has 20 heavy (non-hydrogen) atoms. The molecule has 1 aliphatic rings. The lowest BCUT2D eigenvalue weighted by atomic mass is 10.1. The van der Waals surface area contributed by atoms with E-state index < -0.39 is 0 Å². The summed E-state index contributed by atoms with van der Waals surface area (Å²) in [7, 11) is 0. The average molecular weight is 270 g/mol. The van der Waals surface area contributed by atoms with E-state index in [1.807, 2.05) is 6.20 Å². The number of nitrogens with one attached hydrogen (secondary N) is 2. The van der Waals surface area contributed by atoms with E-state index in [2.05, 4.69) is 50.5 Å². The van der Waals surface area contributed by atoms with E-state index in [4.69, 9.17) is 0 Å². The van der Waals surface area contributed by atoms with Crippen molar-refractivity contribution in [1.29, 1.82) is 0 Å². The van der Waals surface area contributed by atoms with Gasteiger partial charge in [-0.1, -0.05) is 30.3 Å². The molecule has 1 saturated heterocycles. The van der Waals surface area contributed by atoms with Gasteiger partial charge in [0, 0.05) is 25.0 Å². The molecule has 0 radical (unpaired) electrons. The van der Waals surface area contributed by atoms with Crippen molar-refractivity contribution in [2.24, 2.45) is 0 Å². The van der Waals surface area contributed by atoms with Gasteiger partial charge < -0.3 is 15.2 Å². The standard InChI is InChI=1S/C16H22N4/c1-2-6-14(7-3-1)15(13-20-10-4-5-11-20)19-12-16-17-8-9-18-16/h1-3,6-9,15,19H,4-5,10-13H2,(H,17,18). The lowest BCUT2D eigenvalue weighted by molar-refractivity contribution is 0.290. The fourth-order valence-corrected chi connectivity index (χ4v) is 2.81. The molecule has 0 bridgehead atoms. The molecule has 0 amide bonds. The highest BCUT2D eigenvalue weighted by Gasteiger charge is 2.18. The van der Waals surface area contributed by atoms with Crippen LogP contribution < -0.4 is 5.32 Å². The Labute approximate surface area is 120 Å². The summed E-state index contributed by atoms with van der Waals surface area (Å²) in [5.74, 6) is 0.993. The van der Waals surface area contributed by atoms with Crippen LogP contribution in [0.4, 0.5) is 0 Å². The van der Waals surface area contributed by atoms with Gasteiger partial charge in [-0.05, 0) is 31.5 Å². The minimum absolute atomic E-state index is 0.361. The first kappa shape index (κ1) is 13.3. The summed E-state index contributed by atoms with van der Waals surface area (Å²) in [5, 5.41) is 3.63. The largest absolute Gasteiger partial charge is 0.348 e. The van der Waals surface area contributed by atoms with Crippen LogP contribution >= 0.6 is 0 Å². The molecule has 1 aliphatic heterocycles. The SMILES string of the molecule is c1ccc(C(CN2CCCC2)NCc2ncc[nH]2)cc1. The molecule has 3 rings (SSSR count). The third kappa shape index (κ3) is 3.46. The quantitative estimate of drug-likeness (QED) is 0.847. The summed E-state index contributed by atoms with van der Waals surface area (Å²) < 4.78 is 0. The van der Waals surface area contributed by atoms with Gasteiger partial charge in [-0.25, -0.2) is 4.98 Å². The average Bonchev–Trinajstić information content (AvgIpc) is 3.18. The van der Waals surface area contributed by atoms with Crippen molar-refractivity contribution >= 4 is 0 Å². The number of likely N-dealkylation sites (tertiary alicyclic amines) is 1. The van der Waals surface area contributed by atoms with Crippen LogP contribution in [0.2, 0.25) is 0 Å². The van der Waals surface area contributed by atoms with Gasteiger partial charge >= 0.3 is 0 Å². The third-order valence-corrected chi connectivity index (χ3v) is 3.91. The molecule has 0 saturated carbocycles. The zero-order chi connectivity index (χ0) is 13.6. The first-order valence-electron chi connectivity index (χ1n) is 7.41. The molecule has 1 aromatic heterocycles. The molecule has 1 unspecified atom stereocenters. The van der Waals surface area contributed by atoms with E-state index in [0.717, 1.165) is 18.9 Å². The van der Waals surface area contributed by atoms with Crippen LogP contribution in [0.3, 0.4) is 0 Å². The Kier molecular flexibility index (Phi) is 4.46. The van der Waals surface area contributed by atoms with Crippen LogP contribution in [-0.2, 0) is 6.54 Å². The van der Waals surface area contributed by atoms with Crippen molar-refractivity contribution in [2.75, 3.05) is 19.6 Å². The van der Waals surface area contributed by atoms with Crippen LogP contribution in [0.25, 0.3) is 0 Å². The molecule has 1 aromatic carbocycles. The van der Waals surface area contributed by atoms with Gasteiger partial charge in [-0.15, -0.1) is 0 Å². The predicted octanol–water partition coefficient (Wildman–Crippen LogP) is 2.34. The van der Waals surface area contributed by atoms with Gasteiger partial charge in [-0.3, -0.25) is 0 Å². The van der Waals surface area contributed by atoms with E-state index in [0.29, 0.717) is 6.04 Å². The number of hydrogen-bond acceptors (Lipinski definition) is 3. The summed E-state index contributed by atoms with van der Waals surface area (Å²) in [6, 6.07) is 11.1. The Morgan fingerprint density at radius 1 is 1.20 bits per heavy atom.